The summed E-state index contributed by atoms with van der Waals surface area (Å²) in [6.07, 6.45) is -3.63. The van der Waals surface area contributed by atoms with Gasteiger partial charge in [0.1, 0.15) is 5.82 Å². The van der Waals surface area contributed by atoms with Crippen LogP contribution in [0.5, 0.6) is 0 Å². The Hall–Kier alpha value is -0.620. The van der Waals surface area contributed by atoms with E-state index in [1.165, 1.54) is 17.0 Å². The van der Waals surface area contributed by atoms with Crippen LogP contribution in [0.2, 0.25) is 0 Å². The summed E-state index contributed by atoms with van der Waals surface area (Å²) in [5.74, 6) is -0.462. The fourth-order valence-corrected chi connectivity index (χ4v) is 2.08. The standard InChI is InChI=1S/C12H14BrF4N/c1-2-6-18(8-12(15,16)17)7-9-4-3-5-10(14)11(9)13/h3-5H,2,6-8H2,1H3. The number of alkyl halides is 3. The lowest BCUT2D eigenvalue weighted by Gasteiger charge is -2.23. The van der Waals surface area contributed by atoms with Crippen LogP contribution in [-0.4, -0.2) is 24.2 Å². The highest BCUT2D eigenvalue weighted by Crippen LogP contribution is 2.24. The first-order valence-corrected chi connectivity index (χ1v) is 6.34. The van der Waals surface area contributed by atoms with E-state index in [4.69, 9.17) is 0 Å². The van der Waals surface area contributed by atoms with Crippen molar-refractivity contribution < 1.29 is 17.6 Å². The van der Waals surface area contributed by atoms with Gasteiger partial charge in [-0.15, -0.1) is 0 Å². The van der Waals surface area contributed by atoms with Crippen molar-refractivity contribution >= 4 is 15.9 Å². The molecule has 0 aliphatic heterocycles. The molecule has 1 nitrogen and oxygen atoms in total. The number of hydrogen-bond donors (Lipinski definition) is 0. The fourth-order valence-electron chi connectivity index (χ4n) is 1.70. The molecule has 1 aromatic carbocycles. The van der Waals surface area contributed by atoms with Gasteiger partial charge in [-0.2, -0.15) is 13.2 Å². The molecule has 0 aliphatic rings. The lowest BCUT2D eigenvalue weighted by Crippen LogP contribution is -2.34. The third kappa shape index (κ3) is 4.94. The first-order valence-electron chi connectivity index (χ1n) is 5.55. The Balaban J connectivity index is 2.80. The van der Waals surface area contributed by atoms with Crippen LogP contribution >= 0.6 is 15.9 Å². The zero-order valence-electron chi connectivity index (χ0n) is 9.90. The van der Waals surface area contributed by atoms with Crippen LogP contribution in [0.1, 0.15) is 18.9 Å². The van der Waals surface area contributed by atoms with Gasteiger partial charge < -0.3 is 0 Å². The summed E-state index contributed by atoms with van der Waals surface area (Å²) in [6, 6.07) is 4.38. The van der Waals surface area contributed by atoms with Crippen molar-refractivity contribution in [3.8, 4) is 0 Å². The van der Waals surface area contributed by atoms with E-state index in [1.807, 2.05) is 6.92 Å². The second-order valence-corrected chi connectivity index (χ2v) is 4.83. The van der Waals surface area contributed by atoms with Gasteiger partial charge in [-0.3, -0.25) is 4.90 Å². The van der Waals surface area contributed by atoms with Gasteiger partial charge in [0.05, 0.1) is 11.0 Å². The molecule has 0 heterocycles. The quantitative estimate of drug-likeness (QED) is 0.726. The van der Waals surface area contributed by atoms with Crippen molar-refractivity contribution in [1.29, 1.82) is 0 Å². The molecule has 0 bridgehead atoms. The Morgan fingerprint density at radius 1 is 1.28 bits per heavy atom. The molecule has 102 valence electrons. The van der Waals surface area contributed by atoms with E-state index in [1.54, 1.807) is 6.07 Å². The summed E-state index contributed by atoms with van der Waals surface area (Å²) >= 11 is 3.06. The molecular weight excluding hydrogens is 314 g/mol. The van der Waals surface area contributed by atoms with Gasteiger partial charge in [-0.1, -0.05) is 19.1 Å². The SMILES string of the molecule is CCCN(Cc1cccc(F)c1Br)CC(F)(F)F. The van der Waals surface area contributed by atoms with Crippen LogP contribution in [-0.2, 0) is 6.54 Å². The summed E-state index contributed by atoms with van der Waals surface area (Å²) in [5.41, 5.74) is 0.521. The summed E-state index contributed by atoms with van der Waals surface area (Å²) in [6.45, 7) is 1.22. The number of rotatable bonds is 5. The average Bonchev–Trinajstić information content (AvgIpc) is 2.23. The molecule has 0 spiro atoms. The van der Waals surface area contributed by atoms with Crippen molar-refractivity contribution in [1.82, 2.24) is 4.90 Å². The van der Waals surface area contributed by atoms with Crippen molar-refractivity contribution in [3.63, 3.8) is 0 Å². The second kappa shape index (κ2) is 6.52. The molecule has 0 aliphatic carbocycles. The van der Waals surface area contributed by atoms with E-state index in [2.05, 4.69) is 15.9 Å². The molecule has 0 aromatic heterocycles. The molecule has 0 N–H and O–H groups in total. The van der Waals surface area contributed by atoms with Crippen LogP contribution in [0.25, 0.3) is 0 Å². The minimum atomic E-state index is -4.24. The van der Waals surface area contributed by atoms with E-state index in [9.17, 15) is 17.6 Å². The van der Waals surface area contributed by atoms with Crippen molar-refractivity contribution in [3.05, 3.63) is 34.1 Å². The first kappa shape index (κ1) is 15.4. The molecule has 0 saturated heterocycles. The Morgan fingerprint density at radius 2 is 1.94 bits per heavy atom. The second-order valence-electron chi connectivity index (χ2n) is 4.04. The Labute approximate surface area is 112 Å². The van der Waals surface area contributed by atoms with Crippen molar-refractivity contribution in [2.75, 3.05) is 13.1 Å². The molecule has 0 saturated carbocycles. The van der Waals surface area contributed by atoms with Gasteiger partial charge in [-0.25, -0.2) is 4.39 Å². The zero-order chi connectivity index (χ0) is 13.8. The molecule has 0 unspecified atom stereocenters. The highest BCUT2D eigenvalue weighted by molar-refractivity contribution is 9.10. The normalized spacial score (nSPS) is 12.2. The lowest BCUT2D eigenvalue weighted by atomic mass is 10.2. The molecule has 1 aromatic rings. The summed E-state index contributed by atoms with van der Waals surface area (Å²) < 4.78 is 50.6. The smallest absolute Gasteiger partial charge is 0.291 e. The Bertz CT molecular complexity index is 392. The number of hydrogen-bond acceptors (Lipinski definition) is 1. The maximum Gasteiger partial charge on any atom is 0.401 e. The summed E-state index contributed by atoms with van der Waals surface area (Å²) in [7, 11) is 0. The molecule has 0 radical (unpaired) electrons. The van der Waals surface area contributed by atoms with E-state index in [0.717, 1.165) is 0 Å². The van der Waals surface area contributed by atoms with Crippen LogP contribution in [0.3, 0.4) is 0 Å². The fraction of sp³-hybridized carbons (Fsp3) is 0.500. The minimum Gasteiger partial charge on any atom is -0.291 e. The molecule has 1 rings (SSSR count). The maximum absolute atomic E-state index is 13.3. The molecule has 18 heavy (non-hydrogen) atoms. The van der Waals surface area contributed by atoms with E-state index >= 15 is 0 Å². The maximum atomic E-state index is 13.3. The topological polar surface area (TPSA) is 3.24 Å². The van der Waals surface area contributed by atoms with E-state index in [-0.39, 0.29) is 11.0 Å². The van der Waals surface area contributed by atoms with E-state index in [0.29, 0.717) is 18.5 Å². The zero-order valence-corrected chi connectivity index (χ0v) is 11.5. The van der Waals surface area contributed by atoms with E-state index < -0.39 is 18.5 Å². The monoisotopic (exact) mass is 327 g/mol. The van der Waals surface area contributed by atoms with Gasteiger partial charge in [0.25, 0.3) is 0 Å². The largest absolute Gasteiger partial charge is 0.401 e. The van der Waals surface area contributed by atoms with Crippen LogP contribution in [0.15, 0.2) is 22.7 Å². The van der Waals surface area contributed by atoms with Gasteiger partial charge in [0, 0.05) is 6.54 Å². The van der Waals surface area contributed by atoms with Crippen LogP contribution in [0.4, 0.5) is 17.6 Å². The number of benzene rings is 1. The molecule has 0 amide bonds. The van der Waals surface area contributed by atoms with Crippen molar-refractivity contribution in [2.45, 2.75) is 26.1 Å². The average molecular weight is 328 g/mol. The third-order valence-corrected chi connectivity index (χ3v) is 3.26. The minimum absolute atomic E-state index is 0.0751. The summed E-state index contributed by atoms with van der Waals surface area (Å²) in [5, 5.41) is 0. The van der Waals surface area contributed by atoms with Gasteiger partial charge in [-0.05, 0) is 40.5 Å². The third-order valence-electron chi connectivity index (χ3n) is 2.37. The van der Waals surface area contributed by atoms with Crippen molar-refractivity contribution in [2.24, 2.45) is 0 Å². The number of halogens is 5. The van der Waals surface area contributed by atoms with Crippen LogP contribution in [0, 0.1) is 5.82 Å². The van der Waals surface area contributed by atoms with Crippen LogP contribution < -0.4 is 0 Å². The summed E-state index contributed by atoms with van der Waals surface area (Å²) in [4.78, 5) is 1.26. The molecule has 0 atom stereocenters. The van der Waals surface area contributed by atoms with Gasteiger partial charge in [0.2, 0.25) is 0 Å². The highest BCUT2D eigenvalue weighted by Gasteiger charge is 2.30. The predicted molar refractivity (Wildman–Crippen MR) is 65.7 cm³/mol. The predicted octanol–water partition coefficient (Wildman–Crippen LogP) is 4.36. The number of nitrogens with zero attached hydrogens (tertiary/aromatic N) is 1. The highest BCUT2D eigenvalue weighted by atomic mass is 79.9. The van der Waals surface area contributed by atoms with Gasteiger partial charge >= 0.3 is 6.18 Å². The molecule has 6 heteroatoms. The first-order chi connectivity index (χ1) is 8.33. The lowest BCUT2D eigenvalue weighted by molar-refractivity contribution is -0.147. The van der Waals surface area contributed by atoms with Gasteiger partial charge in [0.15, 0.2) is 0 Å². The molecule has 0 fully saturated rings. The Morgan fingerprint density at radius 3 is 2.50 bits per heavy atom. The Kier molecular flexibility index (Phi) is 5.59. The molecular formula is C12H14BrF4N.